The van der Waals surface area contributed by atoms with Crippen LogP contribution in [0.5, 0.6) is 0 Å². The maximum absolute atomic E-state index is 11.0. The summed E-state index contributed by atoms with van der Waals surface area (Å²) in [4.78, 5) is 13.7. The number of rotatable bonds is 4. The molecule has 0 radical (unpaired) electrons. The van der Waals surface area contributed by atoms with E-state index in [0.717, 1.165) is 24.1 Å². The highest BCUT2D eigenvalue weighted by Crippen LogP contribution is 2.36. The minimum atomic E-state index is -0.757. The number of benzene rings is 1. The van der Waals surface area contributed by atoms with Crippen molar-refractivity contribution in [3.63, 3.8) is 0 Å². The summed E-state index contributed by atoms with van der Waals surface area (Å²) in [6.45, 7) is 3.98. The highest BCUT2D eigenvalue weighted by Gasteiger charge is 2.35. The van der Waals surface area contributed by atoms with Gasteiger partial charge in [0.15, 0.2) is 0 Å². The van der Waals surface area contributed by atoms with Crippen molar-refractivity contribution >= 4 is 5.97 Å². The molecule has 0 spiro atoms. The lowest BCUT2D eigenvalue weighted by Crippen LogP contribution is -2.34. The Balaban J connectivity index is 1.64. The van der Waals surface area contributed by atoms with Crippen molar-refractivity contribution in [2.75, 3.05) is 6.54 Å². The molecule has 0 aromatic heterocycles. The molecule has 0 amide bonds. The zero-order chi connectivity index (χ0) is 14.8. The summed E-state index contributed by atoms with van der Waals surface area (Å²) in [6.07, 6.45) is 6.93. The van der Waals surface area contributed by atoms with Crippen molar-refractivity contribution in [3.8, 4) is 0 Å². The van der Waals surface area contributed by atoms with Gasteiger partial charge in [-0.3, -0.25) is 9.69 Å². The number of hydrogen-bond acceptors (Lipinski definition) is 2. The lowest BCUT2D eigenvalue weighted by Gasteiger charge is -2.31. The quantitative estimate of drug-likeness (QED) is 0.919. The second-order valence-electron chi connectivity index (χ2n) is 6.67. The van der Waals surface area contributed by atoms with Crippen molar-refractivity contribution in [1.29, 1.82) is 0 Å². The summed E-state index contributed by atoms with van der Waals surface area (Å²) in [5, 5.41) is 9.06. The van der Waals surface area contributed by atoms with Crippen LogP contribution in [0, 0.1) is 5.92 Å². The number of carboxylic acid groups (broad SMARTS) is 1. The summed E-state index contributed by atoms with van der Waals surface area (Å²) in [7, 11) is 0. The van der Waals surface area contributed by atoms with Gasteiger partial charge in [-0.15, -0.1) is 0 Å². The van der Waals surface area contributed by atoms with Crippen molar-refractivity contribution in [1.82, 2.24) is 4.90 Å². The van der Waals surface area contributed by atoms with Crippen molar-refractivity contribution in [2.45, 2.75) is 57.5 Å². The van der Waals surface area contributed by atoms with Crippen LogP contribution in [0.15, 0.2) is 24.3 Å². The van der Waals surface area contributed by atoms with E-state index in [1.807, 2.05) is 12.1 Å². The Hall–Kier alpha value is -1.35. The van der Waals surface area contributed by atoms with Gasteiger partial charge in [-0.1, -0.05) is 37.1 Å². The summed E-state index contributed by atoms with van der Waals surface area (Å²) >= 11 is 0. The second-order valence-corrected chi connectivity index (χ2v) is 6.67. The molecule has 21 heavy (non-hydrogen) atoms. The first-order valence-corrected chi connectivity index (χ1v) is 8.21. The Labute approximate surface area is 127 Å². The number of hydrogen-bond donors (Lipinski definition) is 1. The van der Waals surface area contributed by atoms with Gasteiger partial charge in [0.25, 0.3) is 0 Å². The van der Waals surface area contributed by atoms with Crippen LogP contribution in [0.4, 0.5) is 0 Å². The fourth-order valence-corrected chi connectivity index (χ4v) is 3.99. The van der Waals surface area contributed by atoms with E-state index >= 15 is 0 Å². The average molecular weight is 287 g/mol. The predicted molar refractivity (Wildman–Crippen MR) is 83.3 cm³/mol. The molecule has 1 aliphatic carbocycles. The van der Waals surface area contributed by atoms with E-state index in [-0.39, 0.29) is 0 Å². The number of fused-ring (bicyclic) bond motifs is 1. The van der Waals surface area contributed by atoms with Gasteiger partial charge in [0.1, 0.15) is 0 Å². The molecule has 1 saturated heterocycles. The Morgan fingerprint density at radius 3 is 2.67 bits per heavy atom. The highest BCUT2D eigenvalue weighted by atomic mass is 16.4. The molecule has 1 N–H and O–H groups in total. The molecule has 114 valence electrons. The molecule has 1 saturated carbocycles. The van der Waals surface area contributed by atoms with Gasteiger partial charge >= 0.3 is 5.97 Å². The van der Waals surface area contributed by atoms with Crippen LogP contribution in [-0.2, 0) is 11.3 Å². The van der Waals surface area contributed by atoms with Gasteiger partial charge in [0.05, 0.1) is 5.92 Å². The van der Waals surface area contributed by atoms with Gasteiger partial charge < -0.3 is 5.11 Å². The minimum absolute atomic E-state index is 0.423. The van der Waals surface area contributed by atoms with E-state index in [4.69, 9.17) is 5.11 Å². The van der Waals surface area contributed by atoms with Crippen molar-refractivity contribution in [3.05, 3.63) is 35.4 Å². The Morgan fingerprint density at radius 2 is 1.95 bits per heavy atom. The van der Waals surface area contributed by atoms with Crippen molar-refractivity contribution < 1.29 is 9.90 Å². The fourth-order valence-electron chi connectivity index (χ4n) is 3.99. The smallest absolute Gasteiger partial charge is 0.310 e. The first kappa shape index (κ1) is 14.6. The predicted octanol–water partition coefficient (Wildman–Crippen LogP) is 3.64. The molecular formula is C18H25NO2. The molecule has 3 heteroatoms. The lowest BCUT2D eigenvalue weighted by molar-refractivity contribution is -0.138. The van der Waals surface area contributed by atoms with E-state index in [1.54, 1.807) is 6.92 Å². The van der Waals surface area contributed by atoms with Crippen LogP contribution in [0.25, 0.3) is 0 Å². The molecule has 2 aliphatic rings. The minimum Gasteiger partial charge on any atom is -0.481 e. The van der Waals surface area contributed by atoms with E-state index in [0.29, 0.717) is 0 Å². The van der Waals surface area contributed by atoms with Gasteiger partial charge in [0, 0.05) is 12.6 Å². The maximum Gasteiger partial charge on any atom is 0.310 e. The van der Waals surface area contributed by atoms with Crippen LogP contribution in [0.1, 0.15) is 56.1 Å². The normalized spacial score (nSPS) is 27.3. The van der Waals surface area contributed by atoms with E-state index in [9.17, 15) is 4.79 Å². The van der Waals surface area contributed by atoms with Crippen LogP contribution in [0.2, 0.25) is 0 Å². The molecular weight excluding hydrogens is 262 g/mol. The molecule has 1 aliphatic heterocycles. The average Bonchev–Trinajstić information content (AvgIpc) is 2.91. The zero-order valence-electron chi connectivity index (χ0n) is 12.8. The first-order valence-electron chi connectivity index (χ1n) is 8.21. The Morgan fingerprint density at radius 1 is 1.24 bits per heavy atom. The highest BCUT2D eigenvalue weighted by molar-refractivity contribution is 5.75. The topological polar surface area (TPSA) is 40.5 Å². The molecule has 3 rings (SSSR count). The third-order valence-electron chi connectivity index (χ3n) is 5.36. The monoisotopic (exact) mass is 287 g/mol. The van der Waals surface area contributed by atoms with E-state index in [1.165, 1.54) is 44.2 Å². The second kappa shape index (κ2) is 6.18. The van der Waals surface area contributed by atoms with Crippen LogP contribution in [0.3, 0.4) is 0 Å². The van der Waals surface area contributed by atoms with E-state index < -0.39 is 11.9 Å². The van der Waals surface area contributed by atoms with Crippen LogP contribution < -0.4 is 0 Å². The fraction of sp³-hybridized carbons (Fsp3) is 0.611. The molecule has 1 heterocycles. The summed E-state index contributed by atoms with van der Waals surface area (Å²) in [5.41, 5.74) is 2.20. The largest absolute Gasteiger partial charge is 0.481 e. The van der Waals surface area contributed by atoms with E-state index in [2.05, 4.69) is 17.0 Å². The number of nitrogens with zero attached hydrogens (tertiary/aromatic N) is 1. The third kappa shape index (κ3) is 3.13. The standard InChI is InChI=1S/C18H25NO2/c1-13(18(20)21)15-8-6-14(7-9-15)12-19-11-10-16-4-2-3-5-17(16)19/h6-9,13,16-17H,2-5,10-12H2,1H3,(H,20,21). The van der Waals surface area contributed by atoms with Crippen LogP contribution in [-0.4, -0.2) is 28.6 Å². The Bertz CT molecular complexity index is 496. The number of carbonyl (C=O) groups is 1. The Kier molecular flexibility index (Phi) is 4.29. The maximum atomic E-state index is 11.0. The number of aliphatic carboxylic acids is 1. The summed E-state index contributed by atoms with van der Waals surface area (Å²) in [5.74, 6) is -0.258. The molecule has 1 aromatic carbocycles. The van der Waals surface area contributed by atoms with Gasteiger partial charge in [0.2, 0.25) is 0 Å². The zero-order valence-corrected chi connectivity index (χ0v) is 12.8. The molecule has 1 aromatic rings. The van der Waals surface area contributed by atoms with Crippen molar-refractivity contribution in [2.24, 2.45) is 5.92 Å². The number of carboxylic acids is 1. The molecule has 2 fully saturated rings. The SMILES string of the molecule is CC(C(=O)O)c1ccc(CN2CCC3CCCCC32)cc1. The van der Waals surface area contributed by atoms with Crippen LogP contribution >= 0.6 is 0 Å². The molecule has 3 unspecified atom stereocenters. The summed E-state index contributed by atoms with van der Waals surface area (Å²) < 4.78 is 0. The summed E-state index contributed by atoms with van der Waals surface area (Å²) in [6, 6.07) is 8.94. The first-order chi connectivity index (χ1) is 10.1. The van der Waals surface area contributed by atoms with Gasteiger partial charge in [-0.2, -0.15) is 0 Å². The number of likely N-dealkylation sites (tertiary alicyclic amines) is 1. The third-order valence-corrected chi connectivity index (χ3v) is 5.36. The lowest BCUT2D eigenvalue weighted by atomic mass is 9.85. The molecule has 0 bridgehead atoms. The molecule has 3 atom stereocenters. The van der Waals surface area contributed by atoms with Gasteiger partial charge in [-0.25, -0.2) is 0 Å². The molecule has 3 nitrogen and oxygen atoms in total. The van der Waals surface area contributed by atoms with Gasteiger partial charge in [-0.05, 0) is 49.8 Å².